The van der Waals surface area contributed by atoms with Crippen molar-refractivity contribution < 1.29 is 0 Å². The summed E-state index contributed by atoms with van der Waals surface area (Å²) >= 11 is 0. The third kappa shape index (κ3) is 5.68. The molecule has 0 bridgehead atoms. The van der Waals surface area contributed by atoms with E-state index in [4.69, 9.17) is 9.97 Å². The molecule has 11 aromatic rings. The Hall–Kier alpha value is -7.82. The van der Waals surface area contributed by atoms with Gasteiger partial charge < -0.3 is 9.13 Å². The van der Waals surface area contributed by atoms with Gasteiger partial charge in [0.15, 0.2) is 5.82 Å². The smallest absolute Gasteiger partial charge is 0.160 e. The highest BCUT2D eigenvalue weighted by molar-refractivity contribution is 6.19. The molecule has 0 unspecified atom stereocenters. The van der Waals surface area contributed by atoms with E-state index in [0.717, 1.165) is 63.5 Å². The van der Waals surface area contributed by atoms with Gasteiger partial charge in [0, 0.05) is 49.6 Å². The molecule has 0 atom stereocenters. The van der Waals surface area contributed by atoms with Crippen LogP contribution in [0.3, 0.4) is 0 Å². The quantitative estimate of drug-likeness (QED) is 0.169. The molecule has 0 aliphatic heterocycles. The second kappa shape index (κ2) is 13.9. The molecular weight excluding hydrogens is 729 g/mol. The minimum Gasteiger partial charge on any atom is -0.309 e. The van der Waals surface area contributed by atoms with E-state index in [-0.39, 0.29) is 0 Å². The van der Waals surface area contributed by atoms with Crippen molar-refractivity contribution in [1.82, 2.24) is 19.1 Å². The summed E-state index contributed by atoms with van der Waals surface area (Å²) in [6.07, 6.45) is 8.67. The van der Waals surface area contributed by atoms with E-state index in [1.54, 1.807) is 0 Å². The minimum atomic E-state index is 0.761. The Morgan fingerprint density at radius 1 is 0.367 bits per heavy atom. The molecule has 60 heavy (non-hydrogen) atoms. The first-order valence-corrected chi connectivity index (χ1v) is 20.7. The van der Waals surface area contributed by atoms with Gasteiger partial charge in [-0.2, -0.15) is 0 Å². The number of fused-ring (bicyclic) bond motifs is 7. The molecule has 0 saturated heterocycles. The molecule has 1 aliphatic rings. The van der Waals surface area contributed by atoms with Crippen molar-refractivity contribution in [2.24, 2.45) is 0 Å². The Bertz CT molecular complexity index is 3530. The number of benzene rings is 8. The summed E-state index contributed by atoms with van der Waals surface area (Å²) in [6.45, 7) is 0. The summed E-state index contributed by atoms with van der Waals surface area (Å²) in [4.78, 5) is 10.2. The summed E-state index contributed by atoms with van der Waals surface area (Å²) in [5, 5.41) is 7.29. The molecule has 282 valence electrons. The van der Waals surface area contributed by atoms with Crippen molar-refractivity contribution in [2.75, 3.05) is 0 Å². The van der Waals surface area contributed by atoms with Gasteiger partial charge in [0.05, 0.1) is 33.5 Å². The van der Waals surface area contributed by atoms with Gasteiger partial charge in [0.25, 0.3) is 0 Å². The van der Waals surface area contributed by atoms with Crippen LogP contribution < -0.4 is 0 Å². The molecule has 0 fully saturated rings. The van der Waals surface area contributed by atoms with Crippen LogP contribution in [-0.4, -0.2) is 19.1 Å². The second-order valence-corrected chi connectivity index (χ2v) is 15.7. The molecule has 8 aromatic carbocycles. The molecule has 0 saturated carbocycles. The van der Waals surface area contributed by atoms with Crippen molar-refractivity contribution in [1.29, 1.82) is 0 Å². The van der Waals surface area contributed by atoms with Crippen molar-refractivity contribution in [3.8, 4) is 45.0 Å². The lowest BCUT2D eigenvalue weighted by Gasteiger charge is -2.13. The summed E-state index contributed by atoms with van der Waals surface area (Å²) in [6, 6.07) is 68.1. The van der Waals surface area contributed by atoms with Gasteiger partial charge >= 0.3 is 0 Å². The molecule has 0 radical (unpaired) electrons. The molecular formula is C56H38N4. The van der Waals surface area contributed by atoms with Gasteiger partial charge in [-0.3, -0.25) is 0 Å². The lowest BCUT2D eigenvalue weighted by molar-refractivity contribution is 1.03. The van der Waals surface area contributed by atoms with Crippen LogP contribution in [0.1, 0.15) is 18.7 Å². The summed E-state index contributed by atoms with van der Waals surface area (Å²) in [5.74, 6) is 0.761. The zero-order valence-corrected chi connectivity index (χ0v) is 32.8. The largest absolute Gasteiger partial charge is 0.309 e. The van der Waals surface area contributed by atoms with Crippen LogP contribution in [0.15, 0.2) is 206 Å². The van der Waals surface area contributed by atoms with E-state index < -0.39 is 0 Å². The maximum atomic E-state index is 5.18. The molecule has 12 rings (SSSR count). The normalized spacial score (nSPS) is 12.9. The van der Waals surface area contributed by atoms with Gasteiger partial charge in [-0.05, 0) is 95.4 Å². The third-order valence-electron chi connectivity index (χ3n) is 12.1. The SMILES string of the molecule is C1=CC(c2nc(-c3ccccc3)cc(-c3ccc4ccc(-n5c6ccccc6c6cc7c8ccccc8n(-c8cccc(-c9ccccc9)c8)c7cc65)cc4c3)n2)=CCC1. The zero-order valence-electron chi connectivity index (χ0n) is 32.8. The number of aromatic nitrogens is 4. The number of allylic oxidation sites excluding steroid dienone is 4. The van der Waals surface area contributed by atoms with E-state index in [0.29, 0.717) is 0 Å². The number of hydrogen-bond donors (Lipinski definition) is 0. The van der Waals surface area contributed by atoms with Crippen LogP contribution in [0.5, 0.6) is 0 Å². The number of hydrogen-bond acceptors (Lipinski definition) is 2. The first kappa shape index (κ1) is 34.2. The van der Waals surface area contributed by atoms with Crippen molar-refractivity contribution in [2.45, 2.75) is 12.8 Å². The van der Waals surface area contributed by atoms with Gasteiger partial charge in [-0.25, -0.2) is 9.97 Å². The highest BCUT2D eigenvalue weighted by Gasteiger charge is 2.19. The Morgan fingerprint density at radius 2 is 0.983 bits per heavy atom. The Morgan fingerprint density at radius 3 is 1.68 bits per heavy atom. The minimum absolute atomic E-state index is 0.761. The molecule has 3 aromatic heterocycles. The van der Waals surface area contributed by atoms with E-state index in [9.17, 15) is 0 Å². The van der Waals surface area contributed by atoms with E-state index in [1.165, 1.54) is 60.1 Å². The third-order valence-corrected chi connectivity index (χ3v) is 12.1. The van der Waals surface area contributed by atoms with E-state index >= 15 is 0 Å². The summed E-state index contributed by atoms with van der Waals surface area (Å²) in [5.41, 5.74) is 14.4. The fourth-order valence-corrected chi connectivity index (χ4v) is 9.24. The fourth-order valence-electron chi connectivity index (χ4n) is 9.24. The molecule has 3 heterocycles. The molecule has 0 N–H and O–H groups in total. The standard InChI is InChI=1S/C56H38N4/c1-4-15-37(16-5-1)41-21-14-22-44(32-41)59-52-25-12-10-23-46(52)48-34-49-47-24-11-13-26-53(47)60(55(49)36-54(48)59)45-30-29-38-27-28-42(31-43(38)33-45)51-35-50(39-17-6-2-7-18-39)57-56(58-51)40-19-8-3-9-20-40/h1-2,4-8,10-36H,3,9H2. The fraction of sp³-hybridized carbons (Fsp3) is 0.0357. The maximum Gasteiger partial charge on any atom is 0.160 e. The van der Waals surface area contributed by atoms with Gasteiger partial charge in [-0.1, -0.05) is 146 Å². The molecule has 0 spiro atoms. The highest BCUT2D eigenvalue weighted by atomic mass is 15.0. The van der Waals surface area contributed by atoms with Gasteiger partial charge in [0.1, 0.15) is 0 Å². The predicted molar refractivity (Wildman–Crippen MR) is 251 cm³/mol. The Kier molecular flexibility index (Phi) is 7.95. The van der Waals surface area contributed by atoms with Gasteiger partial charge in [0.2, 0.25) is 0 Å². The average molecular weight is 767 g/mol. The van der Waals surface area contributed by atoms with Crippen LogP contribution in [0, 0.1) is 0 Å². The zero-order chi connectivity index (χ0) is 39.6. The topological polar surface area (TPSA) is 35.6 Å². The lowest BCUT2D eigenvalue weighted by Crippen LogP contribution is -1.99. The van der Waals surface area contributed by atoms with Crippen molar-refractivity contribution in [3.05, 3.63) is 212 Å². The number of rotatable bonds is 6. The summed E-state index contributed by atoms with van der Waals surface area (Å²) < 4.78 is 4.88. The summed E-state index contributed by atoms with van der Waals surface area (Å²) in [7, 11) is 0. The first-order chi connectivity index (χ1) is 29.7. The predicted octanol–water partition coefficient (Wildman–Crippen LogP) is 14.6. The molecule has 4 heteroatoms. The van der Waals surface area contributed by atoms with Crippen molar-refractivity contribution in [3.63, 3.8) is 0 Å². The van der Waals surface area contributed by atoms with Crippen LogP contribution in [-0.2, 0) is 0 Å². The maximum absolute atomic E-state index is 5.18. The number of para-hydroxylation sites is 2. The van der Waals surface area contributed by atoms with E-state index in [2.05, 4.69) is 209 Å². The van der Waals surface area contributed by atoms with Crippen LogP contribution >= 0.6 is 0 Å². The van der Waals surface area contributed by atoms with E-state index in [1.807, 2.05) is 6.07 Å². The first-order valence-electron chi connectivity index (χ1n) is 20.7. The monoisotopic (exact) mass is 766 g/mol. The van der Waals surface area contributed by atoms with Crippen LogP contribution in [0.4, 0.5) is 0 Å². The van der Waals surface area contributed by atoms with Crippen molar-refractivity contribution >= 4 is 60.0 Å². The Labute approximate surface area is 347 Å². The van der Waals surface area contributed by atoms with Crippen LogP contribution in [0.25, 0.3) is 105 Å². The highest BCUT2D eigenvalue weighted by Crippen LogP contribution is 2.41. The second-order valence-electron chi connectivity index (χ2n) is 15.7. The average Bonchev–Trinajstić information content (AvgIpc) is 3.83. The van der Waals surface area contributed by atoms with Gasteiger partial charge in [-0.15, -0.1) is 0 Å². The van der Waals surface area contributed by atoms with Crippen LogP contribution in [0.2, 0.25) is 0 Å². The molecule has 4 nitrogen and oxygen atoms in total. The Balaban J connectivity index is 1.05. The molecule has 1 aliphatic carbocycles. The molecule has 0 amide bonds. The number of nitrogens with zero attached hydrogens (tertiary/aromatic N) is 4. The lowest BCUT2D eigenvalue weighted by atomic mass is 10.0.